The summed E-state index contributed by atoms with van der Waals surface area (Å²) in [4.78, 5) is 9.95. The number of hydrogen-bond acceptors (Lipinski definition) is 4. The van der Waals surface area contributed by atoms with Crippen molar-refractivity contribution in [3.8, 4) is 0 Å². The molecule has 0 spiro atoms. The summed E-state index contributed by atoms with van der Waals surface area (Å²) in [5.41, 5.74) is -2.27. The highest BCUT2D eigenvalue weighted by Gasteiger charge is 2.59. The molecule has 2 rings (SSSR count). The number of nitrogens with one attached hydrogen (secondary N) is 1. The Morgan fingerprint density at radius 3 is 2.48 bits per heavy atom. The second-order valence-corrected chi connectivity index (χ2v) is 4.99. The van der Waals surface area contributed by atoms with Crippen LogP contribution >= 0.6 is 0 Å². The highest BCUT2D eigenvalue weighted by atomic mass is 19.4. The Hall–Kier alpha value is -1.67. The van der Waals surface area contributed by atoms with Gasteiger partial charge in [0, 0.05) is 24.6 Å². The Morgan fingerprint density at radius 2 is 2.05 bits per heavy atom. The Morgan fingerprint density at radius 1 is 1.43 bits per heavy atom. The van der Waals surface area contributed by atoms with E-state index >= 15 is 0 Å². The average molecular weight is 304 g/mol. The molecule has 1 aliphatic heterocycles. The van der Waals surface area contributed by atoms with E-state index in [0.717, 1.165) is 0 Å². The molecule has 1 saturated heterocycles. The van der Waals surface area contributed by atoms with Crippen molar-refractivity contribution >= 4 is 5.69 Å². The van der Waals surface area contributed by atoms with Gasteiger partial charge in [-0.2, -0.15) is 13.2 Å². The number of ether oxygens (including phenoxy) is 1. The van der Waals surface area contributed by atoms with Crippen LogP contribution in [0.15, 0.2) is 24.3 Å². The summed E-state index contributed by atoms with van der Waals surface area (Å²) in [6, 6.07) is 4.65. The topological polar surface area (TPSA) is 64.4 Å². The van der Waals surface area contributed by atoms with E-state index in [0.29, 0.717) is 12.0 Å². The molecule has 0 aromatic heterocycles. The van der Waals surface area contributed by atoms with Gasteiger partial charge in [-0.3, -0.25) is 15.4 Å². The highest BCUT2D eigenvalue weighted by molar-refractivity contribution is 5.33. The van der Waals surface area contributed by atoms with Crippen molar-refractivity contribution in [2.45, 2.75) is 37.7 Å². The van der Waals surface area contributed by atoms with Crippen molar-refractivity contribution in [1.29, 1.82) is 0 Å². The quantitative estimate of drug-likeness (QED) is 0.686. The van der Waals surface area contributed by atoms with Gasteiger partial charge in [-0.25, -0.2) is 0 Å². The smallest absolute Gasteiger partial charge is 0.350 e. The highest BCUT2D eigenvalue weighted by Crippen LogP contribution is 2.38. The minimum Gasteiger partial charge on any atom is -0.350 e. The van der Waals surface area contributed by atoms with E-state index < -0.39 is 23.2 Å². The fraction of sp³-hybridized carbons (Fsp3) is 0.538. The molecule has 21 heavy (non-hydrogen) atoms. The number of nitro groups is 1. The molecule has 1 aliphatic rings. The molecule has 116 valence electrons. The number of nitrogens with zero attached hydrogens (tertiary/aromatic N) is 1. The first-order valence-electron chi connectivity index (χ1n) is 6.49. The number of benzene rings is 1. The van der Waals surface area contributed by atoms with Crippen LogP contribution in [0.2, 0.25) is 0 Å². The summed E-state index contributed by atoms with van der Waals surface area (Å²) >= 11 is 0. The molecule has 0 saturated carbocycles. The predicted octanol–water partition coefficient (Wildman–Crippen LogP) is 2.79. The van der Waals surface area contributed by atoms with Gasteiger partial charge in [0.25, 0.3) is 5.69 Å². The Bertz CT molecular complexity index is 518. The Balaban J connectivity index is 2.22. The van der Waals surface area contributed by atoms with Gasteiger partial charge in [0.15, 0.2) is 0 Å². The van der Waals surface area contributed by atoms with E-state index in [9.17, 15) is 23.3 Å². The van der Waals surface area contributed by atoms with Crippen LogP contribution in [0.4, 0.5) is 18.9 Å². The maximum absolute atomic E-state index is 13.3. The van der Waals surface area contributed by atoms with Crippen LogP contribution in [0, 0.1) is 10.1 Å². The molecule has 1 aromatic carbocycles. The lowest BCUT2D eigenvalue weighted by Crippen LogP contribution is -2.57. The number of alkyl halides is 3. The van der Waals surface area contributed by atoms with Crippen molar-refractivity contribution in [2.24, 2.45) is 0 Å². The van der Waals surface area contributed by atoms with Crippen LogP contribution in [0.3, 0.4) is 0 Å². The van der Waals surface area contributed by atoms with Crippen LogP contribution in [0.1, 0.15) is 18.9 Å². The number of hydrogen-bond donors (Lipinski definition) is 1. The maximum atomic E-state index is 13.3. The summed E-state index contributed by atoms with van der Waals surface area (Å²) < 4.78 is 45.0. The van der Waals surface area contributed by atoms with Gasteiger partial charge in [-0.05, 0) is 12.0 Å². The molecular formula is C13H15F3N2O3. The molecule has 1 fully saturated rings. The first-order chi connectivity index (χ1) is 9.77. The molecule has 5 nitrogen and oxygen atoms in total. The molecule has 0 bridgehead atoms. The lowest BCUT2D eigenvalue weighted by molar-refractivity contribution is -0.384. The third kappa shape index (κ3) is 3.16. The third-order valence-electron chi connectivity index (χ3n) is 3.52. The second kappa shape index (κ2) is 5.61. The molecule has 1 N–H and O–H groups in total. The zero-order valence-corrected chi connectivity index (χ0v) is 11.3. The standard InChI is InChI=1S/C13H15F3N2O3/c1-2-10-8-21-12(17-10,13(14,15)16)7-9-3-5-11(6-4-9)18(19)20/h3-6,10,17H,2,7-8H2,1H3. The zero-order chi connectivity index (χ0) is 15.7. The summed E-state index contributed by atoms with van der Waals surface area (Å²) in [5.74, 6) is 0. The van der Waals surface area contributed by atoms with Gasteiger partial charge in [0.05, 0.1) is 11.5 Å². The van der Waals surface area contributed by atoms with Crippen molar-refractivity contribution in [3.63, 3.8) is 0 Å². The van der Waals surface area contributed by atoms with E-state index in [2.05, 4.69) is 5.32 Å². The van der Waals surface area contributed by atoms with Crippen molar-refractivity contribution in [3.05, 3.63) is 39.9 Å². The Kier molecular flexibility index (Phi) is 4.20. The molecule has 8 heteroatoms. The van der Waals surface area contributed by atoms with E-state index in [1.54, 1.807) is 6.92 Å². The SMILES string of the molecule is CCC1COC(Cc2ccc([N+](=O)[O-])cc2)(C(F)(F)F)N1. The first kappa shape index (κ1) is 15.7. The monoisotopic (exact) mass is 304 g/mol. The molecule has 2 atom stereocenters. The van der Waals surface area contributed by atoms with Gasteiger partial charge in [0.1, 0.15) is 0 Å². The minimum atomic E-state index is -4.57. The van der Waals surface area contributed by atoms with E-state index in [1.165, 1.54) is 24.3 Å². The van der Waals surface area contributed by atoms with Crippen molar-refractivity contribution in [1.82, 2.24) is 5.32 Å². The molecule has 1 heterocycles. The van der Waals surface area contributed by atoms with Gasteiger partial charge in [0.2, 0.25) is 5.72 Å². The number of non-ortho nitro benzene ring substituents is 1. The summed E-state index contributed by atoms with van der Waals surface area (Å²) in [6.07, 6.45) is -4.47. The number of nitro benzene ring substituents is 1. The normalized spacial score (nSPS) is 26.0. The van der Waals surface area contributed by atoms with E-state index in [-0.39, 0.29) is 18.3 Å². The maximum Gasteiger partial charge on any atom is 0.431 e. The van der Waals surface area contributed by atoms with Gasteiger partial charge >= 0.3 is 6.18 Å². The van der Waals surface area contributed by atoms with Crippen molar-refractivity contribution in [2.75, 3.05) is 6.61 Å². The second-order valence-electron chi connectivity index (χ2n) is 4.99. The average Bonchev–Trinajstić information content (AvgIpc) is 2.83. The first-order valence-corrected chi connectivity index (χ1v) is 6.49. The van der Waals surface area contributed by atoms with Crippen LogP contribution in [0.25, 0.3) is 0 Å². The molecule has 2 unspecified atom stereocenters. The van der Waals surface area contributed by atoms with E-state index in [4.69, 9.17) is 4.74 Å². The lowest BCUT2D eigenvalue weighted by atomic mass is 10.0. The summed E-state index contributed by atoms with van der Waals surface area (Å²) in [6.45, 7) is 1.77. The van der Waals surface area contributed by atoms with Crippen LogP contribution in [0.5, 0.6) is 0 Å². The molecule has 0 amide bonds. The van der Waals surface area contributed by atoms with Gasteiger partial charge in [-0.15, -0.1) is 0 Å². The predicted molar refractivity (Wildman–Crippen MR) is 68.8 cm³/mol. The fourth-order valence-electron chi connectivity index (χ4n) is 2.26. The number of halogens is 3. The molecule has 0 radical (unpaired) electrons. The van der Waals surface area contributed by atoms with Gasteiger partial charge < -0.3 is 4.74 Å². The van der Waals surface area contributed by atoms with E-state index in [1.807, 2.05) is 0 Å². The molecule has 1 aromatic rings. The van der Waals surface area contributed by atoms with Crippen LogP contribution in [-0.4, -0.2) is 29.5 Å². The number of rotatable bonds is 4. The third-order valence-corrected chi connectivity index (χ3v) is 3.52. The van der Waals surface area contributed by atoms with Crippen LogP contribution in [-0.2, 0) is 11.2 Å². The lowest BCUT2D eigenvalue weighted by Gasteiger charge is -2.31. The minimum absolute atomic E-state index is 0.0109. The summed E-state index contributed by atoms with van der Waals surface area (Å²) in [5, 5.41) is 13.0. The van der Waals surface area contributed by atoms with Crippen molar-refractivity contribution < 1.29 is 22.8 Å². The van der Waals surface area contributed by atoms with Crippen LogP contribution < -0.4 is 5.32 Å². The zero-order valence-electron chi connectivity index (χ0n) is 11.3. The summed E-state index contributed by atoms with van der Waals surface area (Å²) in [7, 11) is 0. The van der Waals surface area contributed by atoms with Gasteiger partial charge in [-0.1, -0.05) is 19.1 Å². The fourth-order valence-corrected chi connectivity index (χ4v) is 2.26. The molecule has 0 aliphatic carbocycles. The Labute approximate surface area is 119 Å². The largest absolute Gasteiger partial charge is 0.431 e. The molecular weight excluding hydrogens is 289 g/mol.